The Kier molecular flexibility index (Phi) is 7.40. The fraction of sp³-hybridized carbons (Fsp3) is 0.143. The second-order valence-corrected chi connectivity index (χ2v) is 8.97. The second kappa shape index (κ2) is 10.7. The van der Waals surface area contributed by atoms with Gasteiger partial charge in [-0.3, -0.25) is 19.7 Å². The third-order valence-corrected chi connectivity index (χ3v) is 6.29. The van der Waals surface area contributed by atoms with Crippen LogP contribution in [-0.2, 0) is 14.4 Å². The molecule has 3 aromatic carbocycles. The van der Waals surface area contributed by atoms with Crippen LogP contribution in [0.15, 0.2) is 66.2 Å². The average molecular weight is 518 g/mol. The first-order chi connectivity index (χ1) is 17.6. The van der Waals surface area contributed by atoms with E-state index >= 15 is 0 Å². The van der Waals surface area contributed by atoms with Crippen LogP contribution < -0.4 is 20.3 Å². The highest BCUT2D eigenvalue weighted by molar-refractivity contribution is 6.39. The summed E-state index contributed by atoms with van der Waals surface area (Å²) in [5, 5.41) is 5.33. The number of anilines is 2. The highest BCUT2D eigenvalue weighted by atomic mass is 35.5. The number of barbiturate groups is 1. The third-order valence-electron chi connectivity index (χ3n) is 5.88. The van der Waals surface area contributed by atoms with Crippen LogP contribution in [0.4, 0.5) is 16.2 Å². The molecule has 1 aliphatic rings. The first-order valence-electron chi connectivity index (χ1n) is 11.4. The summed E-state index contributed by atoms with van der Waals surface area (Å²) in [6, 6.07) is 16.1. The topological polar surface area (TPSA) is 105 Å². The lowest BCUT2D eigenvalue weighted by atomic mass is 10.1. The van der Waals surface area contributed by atoms with E-state index in [0.29, 0.717) is 16.3 Å². The lowest BCUT2D eigenvalue weighted by Crippen LogP contribution is -2.54. The van der Waals surface area contributed by atoms with Crippen molar-refractivity contribution in [2.75, 3.05) is 16.8 Å². The van der Waals surface area contributed by atoms with Gasteiger partial charge in [-0.25, -0.2) is 9.69 Å². The van der Waals surface area contributed by atoms with Crippen LogP contribution in [0.5, 0.6) is 5.75 Å². The van der Waals surface area contributed by atoms with Crippen molar-refractivity contribution in [2.24, 2.45) is 0 Å². The number of urea groups is 1. The number of imide groups is 2. The van der Waals surface area contributed by atoms with Crippen LogP contribution in [0.25, 0.3) is 6.08 Å². The van der Waals surface area contributed by atoms with Gasteiger partial charge in [0.25, 0.3) is 17.7 Å². The van der Waals surface area contributed by atoms with Gasteiger partial charge in [0.2, 0.25) is 0 Å². The summed E-state index contributed by atoms with van der Waals surface area (Å²) in [4.78, 5) is 51.6. The second-order valence-electron chi connectivity index (χ2n) is 8.57. The van der Waals surface area contributed by atoms with Crippen LogP contribution in [0.1, 0.15) is 22.3 Å². The normalized spacial score (nSPS) is 14.5. The predicted molar refractivity (Wildman–Crippen MR) is 142 cm³/mol. The van der Waals surface area contributed by atoms with E-state index in [1.54, 1.807) is 49.4 Å². The molecule has 0 spiro atoms. The van der Waals surface area contributed by atoms with Crippen molar-refractivity contribution in [3.05, 3.63) is 93.5 Å². The quantitative estimate of drug-likeness (QED) is 0.355. The molecular formula is C28H24ClN3O5. The maximum absolute atomic E-state index is 13.2. The first-order valence-corrected chi connectivity index (χ1v) is 11.8. The Labute approximate surface area is 218 Å². The Morgan fingerprint density at radius 1 is 0.973 bits per heavy atom. The van der Waals surface area contributed by atoms with Crippen LogP contribution in [0, 0.1) is 20.8 Å². The molecule has 0 unspecified atom stereocenters. The van der Waals surface area contributed by atoms with Crippen LogP contribution in [0.3, 0.4) is 0 Å². The van der Waals surface area contributed by atoms with Crippen LogP contribution in [0.2, 0.25) is 5.02 Å². The van der Waals surface area contributed by atoms with Crippen molar-refractivity contribution < 1.29 is 23.9 Å². The summed E-state index contributed by atoms with van der Waals surface area (Å²) < 4.78 is 5.70. The molecule has 5 amide bonds. The summed E-state index contributed by atoms with van der Waals surface area (Å²) in [6.45, 7) is 5.44. The van der Waals surface area contributed by atoms with E-state index in [1.807, 2.05) is 26.0 Å². The fourth-order valence-corrected chi connectivity index (χ4v) is 3.83. The van der Waals surface area contributed by atoms with Crippen LogP contribution >= 0.6 is 11.6 Å². The van der Waals surface area contributed by atoms with Gasteiger partial charge in [0.15, 0.2) is 6.61 Å². The minimum atomic E-state index is -0.875. The highest BCUT2D eigenvalue weighted by Gasteiger charge is 2.37. The molecule has 188 valence electrons. The number of hydrogen-bond donors (Lipinski definition) is 2. The van der Waals surface area contributed by atoms with Crippen molar-refractivity contribution in [2.45, 2.75) is 20.8 Å². The molecule has 0 atom stereocenters. The Morgan fingerprint density at radius 2 is 1.70 bits per heavy atom. The van der Waals surface area contributed by atoms with Crippen molar-refractivity contribution in [1.82, 2.24) is 5.32 Å². The highest BCUT2D eigenvalue weighted by Crippen LogP contribution is 2.28. The molecule has 1 aliphatic heterocycles. The number of hydrogen-bond acceptors (Lipinski definition) is 5. The molecule has 8 nitrogen and oxygen atoms in total. The molecule has 9 heteroatoms. The van der Waals surface area contributed by atoms with Gasteiger partial charge in [-0.2, -0.15) is 0 Å². The summed E-state index contributed by atoms with van der Waals surface area (Å²) in [6.07, 6.45) is 1.32. The number of amides is 5. The maximum Gasteiger partial charge on any atom is 0.335 e. The largest absolute Gasteiger partial charge is 0.483 e. The molecule has 0 radical (unpaired) electrons. The monoisotopic (exact) mass is 517 g/mol. The number of ether oxygens (including phenoxy) is 1. The van der Waals surface area contributed by atoms with E-state index < -0.39 is 17.8 Å². The molecule has 1 heterocycles. The van der Waals surface area contributed by atoms with Gasteiger partial charge >= 0.3 is 6.03 Å². The number of nitrogens with one attached hydrogen (secondary N) is 2. The maximum atomic E-state index is 13.2. The number of rotatable bonds is 6. The molecule has 0 aromatic heterocycles. The first kappa shape index (κ1) is 25.7. The molecule has 0 aliphatic carbocycles. The molecule has 0 saturated carbocycles. The summed E-state index contributed by atoms with van der Waals surface area (Å²) in [5.41, 5.74) is 3.93. The number of nitrogens with zero attached hydrogens (tertiary/aromatic N) is 1. The SMILES string of the molecule is Cc1ccc(NC(=O)COc2ccccc2/C=C2\C(=O)NC(=O)N(c3ccc(C)c(Cl)c3)C2=O)cc1C. The molecule has 2 N–H and O–H groups in total. The van der Waals surface area contributed by atoms with E-state index in [2.05, 4.69) is 10.6 Å². The molecule has 1 fully saturated rings. The number of aryl methyl sites for hydroxylation is 3. The zero-order valence-electron chi connectivity index (χ0n) is 20.4. The molecule has 4 rings (SSSR count). The van der Waals surface area contributed by atoms with Crippen molar-refractivity contribution in [3.63, 3.8) is 0 Å². The third kappa shape index (κ3) is 5.70. The fourth-order valence-electron chi connectivity index (χ4n) is 3.66. The van der Waals surface area contributed by atoms with Gasteiger partial charge in [-0.05, 0) is 73.9 Å². The Hall–Kier alpha value is -4.43. The number of halogens is 1. The van der Waals surface area contributed by atoms with Gasteiger partial charge in [0.05, 0.1) is 5.69 Å². The van der Waals surface area contributed by atoms with E-state index in [4.69, 9.17) is 16.3 Å². The number of benzene rings is 3. The van der Waals surface area contributed by atoms with E-state index in [1.165, 1.54) is 12.1 Å². The molecular weight excluding hydrogens is 494 g/mol. The predicted octanol–water partition coefficient (Wildman–Crippen LogP) is 4.95. The van der Waals surface area contributed by atoms with E-state index in [9.17, 15) is 19.2 Å². The van der Waals surface area contributed by atoms with E-state index in [0.717, 1.165) is 21.6 Å². The van der Waals surface area contributed by atoms with Gasteiger partial charge in [-0.15, -0.1) is 0 Å². The minimum Gasteiger partial charge on any atom is -0.483 e. The molecule has 1 saturated heterocycles. The van der Waals surface area contributed by atoms with Gasteiger partial charge in [0.1, 0.15) is 11.3 Å². The summed E-state index contributed by atoms with van der Waals surface area (Å²) >= 11 is 6.17. The zero-order valence-corrected chi connectivity index (χ0v) is 21.2. The smallest absolute Gasteiger partial charge is 0.335 e. The average Bonchev–Trinajstić information content (AvgIpc) is 2.85. The summed E-state index contributed by atoms with van der Waals surface area (Å²) in [7, 11) is 0. The number of carbonyl (C=O) groups is 4. The van der Waals surface area contributed by atoms with Gasteiger partial charge in [0, 0.05) is 16.3 Å². The van der Waals surface area contributed by atoms with Crippen LogP contribution in [-0.4, -0.2) is 30.4 Å². The minimum absolute atomic E-state index is 0.226. The van der Waals surface area contributed by atoms with Crippen molar-refractivity contribution >= 4 is 52.8 Å². The molecule has 37 heavy (non-hydrogen) atoms. The Morgan fingerprint density at radius 3 is 2.43 bits per heavy atom. The Balaban J connectivity index is 1.55. The molecule has 0 bridgehead atoms. The Bertz CT molecular complexity index is 1460. The van der Waals surface area contributed by atoms with E-state index in [-0.39, 0.29) is 29.5 Å². The zero-order chi connectivity index (χ0) is 26.7. The van der Waals surface area contributed by atoms with Crippen molar-refractivity contribution in [1.29, 1.82) is 0 Å². The lowest BCUT2D eigenvalue weighted by Gasteiger charge is -2.26. The van der Waals surface area contributed by atoms with Crippen molar-refractivity contribution in [3.8, 4) is 5.75 Å². The lowest BCUT2D eigenvalue weighted by molar-refractivity contribution is -0.122. The number of para-hydroxylation sites is 1. The molecule has 3 aromatic rings. The standard InChI is InChI=1S/C28H24ClN3O5/c1-16-8-10-20(12-18(16)3)30-25(33)15-37-24-7-5-4-6-19(24)13-22-26(34)31-28(36)32(27(22)35)21-11-9-17(2)23(29)14-21/h4-14H,15H2,1-3H3,(H,30,33)(H,31,34,36)/b22-13+. The number of carbonyl (C=O) groups excluding carboxylic acids is 4. The van der Waals surface area contributed by atoms with Gasteiger partial charge < -0.3 is 10.1 Å². The van der Waals surface area contributed by atoms with Gasteiger partial charge in [-0.1, -0.05) is 41.9 Å². The summed E-state index contributed by atoms with van der Waals surface area (Å²) in [5.74, 6) is -1.74.